The summed E-state index contributed by atoms with van der Waals surface area (Å²) in [6, 6.07) is 50.3. The summed E-state index contributed by atoms with van der Waals surface area (Å²) in [5.41, 5.74) is 11.4. The van der Waals surface area contributed by atoms with E-state index in [0.29, 0.717) is 16.5 Å². The van der Waals surface area contributed by atoms with Gasteiger partial charge in [0.25, 0.3) is 0 Å². The van der Waals surface area contributed by atoms with Crippen molar-refractivity contribution in [3.8, 4) is 22.3 Å². The summed E-state index contributed by atoms with van der Waals surface area (Å²) in [6.07, 6.45) is 1.83. The Morgan fingerprint density at radius 2 is 1.24 bits per heavy atom. The third-order valence-electron chi connectivity index (χ3n) is 10.1. The van der Waals surface area contributed by atoms with Crippen molar-refractivity contribution in [2.75, 3.05) is 4.90 Å². The van der Waals surface area contributed by atoms with Gasteiger partial charge in [0.15, 0.2) is 11.1 Å². The lowest BCUT2D eigenvalue weighted by Gasteiger charge is -2.32. The number of nitrogens with zero attached hydrogens (tertiary/aromatic N) is 3. The standard InChI is InChI=1S/C44H25N3OS/c1-45-27-18-20-33-40(23-27)49-41-26-34-31-14-6-8-16-37(31)44(39(34)25-35(41)43(33)48)36-15-7-5-13-30(36)32-21-19-29(24-38(32)44)47(28-11-3-2-4-12-28)42-17-9-10-22-46-42/h2-26H. The minimum absolute atomic E-state index is 0.000141. The van der Waals surface area contributed by atoms with Crippen molar-refractivity contribution >= 4 is 54.4 Å². The zero-order valence-electron chi connectivity index (χ0n) is 26.1. The third kappa shape index (κ3) is 3.78. The number of anilines is 3. The Morgan fingerprint density at radius 3 is 2.00 bits per heavy atom. The van der Waals surface area contributed by atoms with E-state index in [1.54, 1.807) is 23.5 Å². The summed E-state index contributed by atoms with van der Waals surface area (Å²) in [5, 5.41) is 1.36. The molecular formula is C44H25N3OS. The molecule has 6 aromatic carbocycles. The first kappa shape index (κ1) is 27.7. The van der Waals surface area contributed by atoms with E-state index in [2.05, 4.69) is 113 Å². The van der Waals surface area contributed by atoms with Crippen LogP contribution in [0.15, 0.2) is 157 Å². The average Bonchev–Trinajstić information content (AvgIpc) is 3.61. The number of pyridine rings is 1. The van der Waals surface area contributed by atoms with E-state index < -0.39 is 5.41 Å². The van der Waals surface area contributed by atoms with Gasteiger partial charge >= 0.3 is 0 Å². The summed E-state index contributed by atoms with van der Waals surface area (Å²) < 4.78 is 1.76. The zero-order chi connectivity index (χ0) is 32.7. The number of hydrogen-bond donors (Lipinski definition) is 0. The third-order valence-corrected chi connectivity index (χ3v) is 11.2. The largest absolute Gasteiger partial charge is 0.295 e. The van der Waals surface area contributed by atoms with E-state index >= 15 is 0 Å². The van der Waals surface area contributed by atoms with Crippen molar-refractivity contribution in [2.24, 2.45) is 0 Å². The smallest absolute Gasteiger partial charge is 0.195 e. The molecule has 0 aliphatic heterocycles. The second-order valence-corrected chi connectivity index (χ2v) is 13.6. The van der Waals surface area contributed by atoms with Crippen molar-refractivity contribution < 1.29 is 0 Å². The number of benzene rings is 6. The SMILES string of the molecule is [C-]#[N+]c1ccc2c(=O)c3cc4c(cc3sc2c1)-c1ccccc1C41c2ccccc2-c2ccc(N(c3ccccc3)c3ccccn3)cc21. The van der Waals surface area contributed by atoms with Crippen LogP contribution in [0.4, 0.5) is 22.9 Å². The fourth-order valence-electron chi connectivity index (χ4n) is 8.14. The van der Waals surface area contributed by atoms with Gasteiger partial charge in [-0.1, -0.05) is 91.0 Å². The van der Waals surface area contributed by atoms with E-state index in [-0.39, 0.29) is 5.43 Å². The Bertz CT molecular complexity index is 2730. The molecule has 8 aromatic rings. The highest BCUT2D eigenvalue weighted by Crippen LogP contribution is 2.63. The van der Waals surface area contributed by atoms with Crippen molar-refractivity contribution in [2.45, 2.75) is 5.41 Å². The Morgan fingerprint density at radius 1 is 0.571 bits per heavy atom. The van der Waals surface area contributed by atoms with Crippen LogP contribution in [0.1, 0.15) is 22.3 Å². The van der Waals surface area contributed by atoms with Crippen LogP contribution in [0.5, 0.6) is 0 Å². The Balaban J connectivity index is 1.31. The molecule has 1 spiro atoms. The van der Waals surface area contributed by atoms with Crippen LogP contribution in [0.3, 0.4) is 0 Å². The molecular weight excluding hydrogens is 619 g/mol. The predicted octanol–water partition coefficient (Wildman–Crippen LogP) is 11.2. The molecule has 1 atom stereocenters. The van der Waals surface area contributed by atoms with Crippen LogP contribution < -0.4 is 10.3 Å². The number of fused-ring (bicyclic) bond motifs is 12. The highest BCUT2D eigenvalue weighted by molar-refractivity contribution is 7.24. The van der Waals surface area contributed by atoms with Gasteiger partial charge in [-0.15, -0.1) is 11.3 Å². The number of rotatable bonds is 3. The van der Waals surface area contributed by atoms with Gasteiger partial charge in [0, 0.05) is 37.7 Å². The van der Waals surface area contributed by atoms with E-state index in [1.807, 2.05) is 36.5 Å². The molecule has 0 N–H and O–H groups in total. The lowest BCUT2D eigenvalue weighted by atomic mass is 9.70. The van der Waals surface area contributed by atoms with Crippen LogP contribution in [-0.4, -0.2) is 4.98 Å². The average molecular weight is 644 g/mol. The Hall–Kier alpha value is -6.35. The summed E-state index contributed by atoms with van der Waals surface area (Å²) in [4.78, 5) is 24.8. The van der Waals surface area contributed by atoms with Crippen LogP contribution in [0.25, 0.3) is 47.3 Å². The van der Waals surface area contributed by atoms with Crippen molar-refractivity contribution in [3.63, 3.8) is 0 Å². The molecule has 0 amide bonds. The summed E-state index contributed by atoms with van der Waals surface area (Å²) in [6.45, 7) is 7.51. The van der Waals surface area contributed by atoms with Gasteiger partial charge in [-0.05, 0) is 99.1 Å². The van der Waals surface area contributed by atoms with Gasteiger partial charge in [-0.25, -0.2) is 9.83 Å². The molecule has 4 nitrogen and oxygen atoms in total. The number of para-hydroxylation sites is 1. The maximum absolute atomic E-state index is 14.2. The van der Waals surface area contributed by atoms with Gasteiger partial charge in [-0.2, -0.15) is 0 Å². The van der Waals surface area contributed by atoms with Gasteiger partial charge in [0.2, 0.25) is 0 Å². The molecule has 2 aliphatic rings. The lowest BCUT2D eigenvalue weighted by Crippen LogP contribution is -2.26. The molecule has 0 saturated carbocycles. The number of hydrogen-bond acceptors (Lipinski definition) is 4. The molecule has 2 aromatic heterocycles. The second kappa shape index (κ2) is 10.3. The van der Waals surface area contributed by atoms with Crippen molar-refractivity contribution in [1.82, 2.24) is 4.98 Å². The van der Waals surface area contributed by atoms with Crippen LogP contribution >= 0.6 is 11.3 Å². The normalized spacial score (nSPS) is 15.1. The summed E-state index contributed by atoms with van der Waals surface area (Å²) >= 11 is 1.58. The second-order valence-electron chi connectivity index (χ2n) is 12.5. The highest BCUT2D eigenvalue weighted by atomic mass is 32.1. The first-order chi connectivity index (χ1) is 24.2. The van der Waals surface area contributed by atoms with Gasteiger partial charge < -0.3 is 0 Å². The van der Waals surface area contributed by atoms with E-state index in [4.69, 9.17) is 11.6 Å². The molecule has 0 saturated heterocycles. The molecule has 0 radical (unpaired) electrons. The molecule has 228 valence electrons. The van der Waals surface area contributed by atoms with Gasteiger partial charge in [-0.3, -0.25) is 9.69 Å². The highest BCUT2D eigenvalue weighted by Gasteiger charge is 2.52. The van der Waals surface area contributed by atoms with E-state index in [1.165, 1.54) is 33.4 Å². The first-order valence-electron chi connectivity index (χ1n) is 16.2. The van der Waals surface area contributed by atoms with Gasteiger partial charge in [0.1, 0.15) is 5.82 Å². The maximum atomic E-state index is 14.2. The van der Waals surface area contributed by atoms with Crippen molar-refractivity contribution in [3.05, 3.63) is 196 Å². The fraction of sp³-hybridized carbons (Fsp3) is 0.0227. The number of aromatic nitrogens is 1. The molecule has 2 heterocycles. The molecule has 5 heteroatoms. The minimum atomic E-state index is -0.630. The lowest BCUT2D eigenvalue weighted by molar-refractivity contribution is 0.795. The fourth-order valence-corrected chi connectivity index (χ4v) is 9.27. The molecule has 49 heavy (non-hydrogen) atoms. The monoisotopic (exact) mass is 643 g/mol. The van der Waals surface area contributed by atoms with Gasteiger partial charge in [0.05, 0.1) is 12.0 Å². The molecule has 0 fully saturated rings. The van der Waals surface area contributed by atoms with Crippen LogP contribution in [0.2, 0.25) is 0 Å². The molecule has 2 aliphatic carbocycles. The quantitative estimate of drug-likeness (QED) is 0.142. The van der Waals surface area contributed by atoms with Crippen LogP contribution in [-0.2, 0) is 5.41 Å². The predicted molar refractivity (Wildman–Crippen MR) is 201 cm³/mol. The Kier molecular flexibility index (Phi) is 5.84. The summed E-state index contributed by atoms with van der Waals surface area (Å²) in [5.74, 6) is 0.835. The Labute approximate surface area is 286 Å². The van der Waals surface area contributed by atoms with Crippen molar-refractivity contribution in [1.29, 1.82) is 0 Å². The van der Waals surface area contributed by atoms with E-state index in [9.17, 15) is 4.79 Å². The molecule has 10 rings (SSSR count). The zero-order valence-corrected chi connectivity index (χ0v) is 26.9. The van der Waals surface area contributed by atoms with E-state index in [0.717, 1.165) is 37.7 Å². The van der Waals surface area contributed by atoms with Crippen LogP contribution in [0, 0.1) is 6.57 Å². The summed E-state index contributed by atoms with van der Waals surface area (Å²) in [7, 11) is 0. The molecule has 1 unspecified atom stereocenters. The molecule has 0 bridgehead atoms. The minimum Gasteiger partial charge on any atom is -0.295 e. The first-order valence-corrected chi connectivity index (χ1v) is 17.0. The topological polar surface area (TPSA) is 37.6 Å². The maximum Gasteiger partial charge on any atom is 0.195 e.